The molecule has 0 spiro atoms. The average molecular weight is 324 g/mol. The second-order valence-corrected chi connectivity index (χ2v) is 5.26. The molecule has 0 heterocycles. The molecule has 0 atom stereocenters. The smallest absolute Gasteiger partial charge is 0.277 e. The molecule has 1 rings (SSSR count). The molecule has 1 aromatic carbocycles. The summed E-state index contributed by atoms with van der Waals surface area (Å²) in [6, 6.07) is 2.91. The van der Waals surface area contributed by atoms with E-state index in [1.165, 1.54) is 12.1 Å². The molecule has 0 radical (unpaired) electrons. The number of ether oxygens (including phenoxy) is 1. The Hall–Kier alpha value is -0.970. The summed E-state index contributed by atoms with van der Waals surface area (Å²) in [6.07, 6.45) is 1.62. The number of nitrogens with one attached hydrogen (secondary N) is 1. The molecule has 0 saturated carbocycles. The van der Waals surface area contributed by atoms with Crippen molar-refractivity contribution in [3.05, 3.63) is 27.2 Å². The summed E-state index contributed by atoms with van der Waals surface area (Å²) in [5, 5.41) is 4.67. The Morgan fingerprint density at radius 1 is 1.32 bits per heavy atom. The van der Waals surface area contributed by atoms with Crippen LogP contribution in [0.3, 0.4) is 0 Å². The summed E-state index contributed by atoms with van der Waals surface area (Å²) >= 11 is 17.5. The van der Waals surface area contributed by atoms with Crippen LogP contribution < -0.4 is 10.2 Å². The van der Waals surface area contributed by atoms with Crippen molar-refractivity contribution in [1.29, 1.82) is 0 Å². The standard InChI is InChI=1S/C12H13Cl3N2O2/c1-7(2)5-16-17-12(18)6-19-11-4-9(14)8(13)3-10(11)15/h3-5,7H,6H2,1-2H3,(H,17,18). The first-order valence-corrected chi connectivity index (χ1v) is 6.63. The number of benzene rings is 1. The monoisotopic (exact) mass is 322 g/mol. The number of hydrogen-bond acceptors (Lipinski definition) is 3. The fourth-order valence-corrected chi connectivity index (χ4v) is 1.64. The van der Waals surface area contributed by atoms with Crippen molar-refractivity contribution in [1.82, 2.24) is 5.43 Å². The largest absolute Gasteiger partial charge is 0.482 e. The third kappa shape index (κ3) is 5.68. The number of amides is 1. The van der Waals surface area contributed by atoms with Crippen molar-refractivity contribution in [2.75, 3.05) is 6.61 Å². The van der Waals surface area contributed by atoms with Crippen molar-refractivity contribution < 1.29 is 9.53 Å². The number of rotatable bonds is 5. The first-order valence-electron chi connectivity index (χ1n) is 5.49. The molecule has 0 aliphatic carbocycles. The van der Waals surface area contributed by atoms with Gasteiger partial charge in [0.2, 0.25) is 0 Å². The summed E-state index contributed by atoms with van der Waals surface area (Å²) in [4.78, 5) is 11.4. The second-order valence-electron chi connectivity index (χ2n) is 4.04. The highest BCUT2D eigenvalue weighted by Crippen LogP contribution is 2.33. The maximum absolute atomic E-state index is 11.4. The highest BCUT2D eigenvalue weighted by molar-refractivity contribution is 6.43. The topological polar surface area (TPSA) is 50.7 Å². The second kappa shape index (κ2) is 7.58. The lowest BCUT2D eigenvalue weighted by atomic mass is 10.3. The van der Waals surface area contributed by atoms with E-state index in [1.54, 1.807) is 6.21 Å². The quantitative estimate of drug-likeness (QED) is 0.509. The Labute approximate surface area is 126 Å². The molecule has 0 aliphatic rings. The van der Waals surface area contributed by atoms with Gasteiger partial charge in [-0.3, -0.25) is 4.79 Å². The SMILES string of the molecule is CC(C)C=NNC(=O)COc1cc(Cl)c(Cl)cc1Cl. The first-order chi connectivity index (χ1) is 8.90. The van der Waals surface area contributed by atoms with Gasteiger partial charge in [0.25, 0.3) is 5.91 Å². The van der Waals surface area contributed by atoms with Gasteiger partial charge < -0.3 is 4.74 Å². The molecule has 0 aliphatic heterocycles. The minimum Gasteiger partial charge on any atom is -0.482 e. The Morgan fingerprint density at radius 2 is 1.95 bits per heavy atom. The van der Waals surface area contributed by atoms with Crippen molar-refractivity contribution in [2.24, 2.45) is 11.0 Å². The number of nitrogens with zero attached hydrogens (tertiary/aromatic N) is 1. The van der Waals surface area contributed by atoms with Crippen molar-refractivity contribution in [3.8, 4) is 5.75 Å². The molecule has 1 amide bonds. The molecule has 0 aromatic heterocycles. The molecule has 0 unspecified atom stereocenters. The normalized spacial score (nSPS) is 11.1. The minimum absolute atomic E-state index is 0.215. The third-order valence-electron chi connectivity index (χ3n) is 1.90. The zero-order valence-corrected chi connectivity index (χ0v) is 12.7. The van der Waals surface area contributed by atoms with E-state index in [0.29, 0.717) is 15.8 Å². The van der Waals surface area contributed by atoms with Crippen LogP contribution in [0.15, 0.2) is 17.2 Å². The van der Waals surface area contributed by atoms with Gasteiger partial charge in [-0.15, -0.1) is 0 Å². The highest BCUT2D eigenvalue weighted by atomic mass is 35.5. The number of hydrogen-bond donors (Lipinski definition) is 1. The first kappa shape index (κ1) is 16.1. The van der Waals surface area contributed by atoms with Crippen LogP contribution in [0, 0.1) is 5.92 Å². The van der Waals surface area contributed by atoms with Gasteiger partial charge >= 0.3 is 0 Å². The fraction of sp³-hybridized carbons (Fsp3) is 0.333. The van der Waals surface area contributed by atoms with Crippen molar-refractivity contribution >= 4 is 46.9 Å². The molecular weight excluding hydrogens is 311 g/mol. The molecule has 7 heteroatoms. The molecule has 0 bridgehead atoms. The summed E-state index contributed by atoms with van der Waals surface area (Å²) in [5.74, 6) is 0.156. The lowest BCUT2D eigenvalue weighted by Crippen LogP contribution is -2.24. The lowest BCUT2D eigenvalue weighted by molar-refractivity contribution is -0.123. The predicted molar refractivity (Wildman–Crippen MR) is 78.4 cm³/mol. The molecule has 4 nitrogen and oxygen atoms in total. The Bertz CT molecular complexity index is 490. The van der Waals surface area contributed by atoms with E-state index in [2.05, 4.69) is 10.5 Å². The summed E-state index contributed by atoms with van der Waals surface area (Å²) in [7, 11) is 0. The summed E-state index contributed by atoms with van der Waals surface area (Å²) < 4.78 is 5.23. The lowest BCUT2D eigenvalue weighted by Gasteiger charge is -2.08. The average Bonchev–Trinajstić information content (AvgIpc) is 2.31. The van der Waals surface area contributed by atoms with E-state index in [1.807, 2.05) is 13.8 Å². The van der Waals surface area contributed by atoms with Crippen LogP contribution in [-0.2, 0) is 4.79 Å². The molecule has 104 valence electrons. The van der Waals surface area contributed by atoms with Crippen LogP contribution in [0.5, 0.6) is 5.75 Å². The van der Waals surface area contributed by atoms with Gasteiger partial charge in [-0.1, -0.05) is 48.7 Å². The van der Waals surface area contributed by atoms with E-state index < -0.39 is 0 Å². The van der Waals surface area contributed by atoms with E-state index in [0.717, 1.165) is 0 Å². The zero-order valence-electron chi connectivity index (χ0n) is 10.4. The molecule has 19 heavy (non-hydrogen) atoms. The fourth-order valence-electron chi connectivity index (χ4n) is 1.05. The zero-order chi connectivity index (χ0) is 14.4. The summed E-state index contributed by atoms with van der Waals surface area (Å²) in [5.41, 5.74) is 2.33. The van der Waals surface area contributed by atoms with E-state index >= 15 is 0 Å². The molecular formula is C12H13Cl3N2O2. The van der Waals surface area contributed by atoms with Crippen LogP contribution >= 0.6 is 34.8 Å². The van der Waals surface area contributed by atoms with E-state index in [-0.39, 0.29) is 23.5 Å². The van der Waals surface area contributed by atoms with E-state index in [9.17, 15) is 4.79 Å². The van der Waals surface area contributed by atoms with Crippen LogP contribution in [0.25, 0.3) is 0 Å². The number of carbonyl (C=O) groups is 1. The van der Waals surface area contributed by atoms with Crippen LogP contribution in [0.2, 0.25) is 15.1 Å². The Balaban J connectivity index is 2.53. The number of carbonyl (C=O) groups excluding carboxylic acids is 1. The van der Waals surface area contributed by atoms with Gasteiger partial charge in [-0.25, -0.2) is 5.43 Å². The third-order valence-corrected chi connectivity index (χ3v) is 2.91. The van der Waals surface area contributed by atoms with Gasteiger partial charge in [0.1, 0.15) is 5.75 Å². The minimum atomic E-state index is -0.390. The van der Waals surface area contributed by atoms with Gasteiger partial charge in [0, 0.05) is 12.3 Å². The molecule has 0 saturated heterocycles. The van der Waals surface area contributed by atoms with Gasteiger partial charge in [0.15, 0.2) is 6.61 Å². The number of halogens is 3. The molecule has 1 aromatic rings. The maximum Gasteiger partial charge on any atom is 0.277 e. The Kier molecular flexibility index (Phi) is 6.42. The molecule has 1 N–H and O–H groups in total. The van der Waals surface area contributed by atoms with Crippen molar-refractivity contribution in [3.63, 3.8) is 0 Å². The predicted octanol–water partition coefficient (Wildman–Crippen LogP) is 3.78. The van der Waals surface area contributed by atoms with Crippen molar-refractivity contribution in [2.45, 2.75) is 13.8 Å². The Morgan fingerprint density at radius 3 is 2.58 bits per heavy atom. The van der Waals surface area contributed by atoms with Gasteiger partial charge in [-0.2, -0.15) is 5.10 Å². The van der Waals surface area contributed by atoms with Crippen LogP contribution in [0.4, 0.5) is 0 Å². The number of hydrazone groups is 1. The van der Waals surface area contributed by atoms with Crippen LogP contribution in [0.1, 0.15) is 13.8 Å². The highest BCUT2D eigenvalue weighted by Gasteiger charge is 2.09. The summed E-state index contributed by atoms with van der Waals surface area (Å²) in [6.45, 7) is 3.68. The van der Waals surface area contributed by atoms with E-state index in [4.69, 9.17) is 39.5 Å². The van der Waals surface area contributed by atoms with Gasteiger partial charge in [-0.05, 0) is 12.0 Å². The maximum atomic E-state index is 11.4. The van der Waals surface area contributed by atoms with Gasteiger partial charge in [0.05, 0.1) is 15.1 Å². The van der Waals surface area contributed by atoms with Crippen LogP contribution in [-0.4, -0.2) is 18.7 Å². The molecule has 0 fully saturated rings.